The minimum Gasteiger partial charge on any atom is -0.370 e. The molecule has 8 fully saturated rings. The van der Waals surface area contributed by atoms with Gasteiger partial charge in [0.05, 0.1) is 6.26 Å². The van der Waals surface area contributed by atoms with E-state index in [1.807, 2.05) is 0 Å². The molecular formula is C32H57N9O5S. The molecule has 8 saturated carbocycles. The minimum atomic E-state index is -3.67. The highest BCUT2D eigenvalue weighted by atomic mass is 32.2. The smallest absolute Gasteiger partial charge is 0.321 e. The fourth-order valence-corrected chi connectivity index (χ4v) is 10.6. The number of nitrogens with one attached hydrogen (secondary N) is 4. The number of rotatable bonds is 10. The lowest BCUT2D eigenvalue weighted by atomic mass is 9.53. The Balaban J connectivity index is 0.000000807. The van der Waals surface area contributed by atoms with Gasteiger partial charge in [-0.2, -0.15) is 8.42 Å². The molecule has 47 heavy (non-hydrogen) atoms. The maximum atomic E-state index is 12.6. The lowest BCUT2D eigenvalue weighted by molar-refractivity contribution is -0.0135. The number of hydrogen-bond donors (Lipinski definition) is 7. The van der Waals surface area contributed by atoms with Crippen LogP contribution in [0.1, 0.15) is 89.9 Å². The molecule has 0 spiro atoms. The predicted molar refractivity (Wildman–Crippen MR) is 182 cm³/mol. The summed E-state index contributed by atoms with van der Waals surface area (Å²) in [5.74, 6) is 5.05. The molecular weight excluding hydrogens is 622 g/mol. The summed E-state index contributed by atoms with van der Waals surface area (Å²) in [7, 11) is -1.60. The largest absolute Gasteiger partial charge is 0.370 e. The first-order valence-corrected chi connectivity index (χ1v) is 19.4. The van der Waals surface area contributed by atoms with Crippen molar-refractivity contribution in [3.8, 4) is 0 Å². The van der Waals surface area contributed by atoms with Crippen LogP contribution in [-0.2, 0) is 10.1 Å². The van der Waals surface area contributed by atoms with E-state index >= 15 is 0 Å². The van der Waals surface area contributed by atoms with E-state index in [1.165, 1.54) is 38.5 Å². The molecule has 8 aliphatic rings. The summed E-state index contributed by atoms with van der Waals surface area (Å²) in [6, 6.07) is -0.426. The summed E-state index contributed by atoms with van der Waals surface area (Å²) in [5, 5.41) is 12.0. The molecule has 8 rings (SSSR count). The zero-order valence-corrected chi connectivity index (χ0v) is 29.0. The molecule has 0 aromatic rings. The van der Waals surface area contributed by atoms with Crippen molar-refractivity contribution >= 4 is 34.1 Å². The van der Waals surface area contributed by atoms with Crippen LogP contribution < -0.4 is 32.7 Å². The summed E-state index contributed by atoms with van der Waals surface area (Å²) in [6.07, 6.45) is 17.1. The summed E-state index contributed by atoms with van der Waals surface area (Å²) < 4.78 is 25.9. The minimum absolute atomic E-state index is 0.0346. The van der Waals surface area contributed by atoms with Crippen molar-refractivity contribution in [2.75, 3.05) is 39.5 Å². The topological polar surface area (TPSA) is 217 Å². The molecule has 266 valence electrons. The molecule has 0 aromatic heterocycles. The molecule has 0 aliphatic heterocycles. The van der Waals surface area contributed by atoms with Crippen LogP contribution >= 0.6 is 0 Å². The highest BCUT2D eigenvalue weighted by Crippen LogP contribution is 2.56. The van der Waals surface area contributed by atoms with Crippen LogP contribution in [0.4, 0.5) is 9.59 Å². The van der Waals surface area contributed by atoms with Crippen molar-refractivity contribution in [1.29, 1.82) is 0 Å². The molecule has 0 saturated heterocycles. The summed E-state index contributed by atoms with van der Waals surface area (Å²) in [6.45, 7) is 2.84. The number of urea groups is 2. The highest BCUT2D eigenvalue weighted by molar-refractivity contribution is 7.85. The average Bonchev–Trinajstić information content (AvgIpc) is 2.90. The second kappa shape index (κ2) is 14.9. The number of guanidine groups is 2. The van der Waals surface area contributed by atoms with E-state index in [0.717, 1.165) is 100.0 Å². The maximum absolute atomic E-state index is 12.6. The van der Waals surface area contributed by atoms with E-state index in [4.69, 9.17) is 16.0 Å². The van der Waals surface area contributed by atoms with Gasteiger partial charge in [-0.3, -0.25) is 25.2 Å². The Morgan fingerprint density at radius 1 is 0.702 bits per heavy atom. The molecule has 4 amide bonds. The van der Waals surface area contributed by atoms with Crippen LogP contribution in [0.25, 0.3) is 0 Å². The van der Waals surface area contributed by atoms with Gasteiger partial charge in [-0.25, -0.2) is 9.59 Å². The van der Waals surface area contributed by atoms with Crippen molar-refractivity contribution in [2.45, 2.75) is 101 Å². The molecule has 8 bridgehead atoms. The first kappa shape index (κ1) is 35.7. The third kappa shape index (κ3) is 10.7. The van der Waals surface area contributed by atoms with Gasteiger partial charge in [-0.1, -0.05) is 0 Å². The second-order valence-corrected chi connectivity index (χ2v) is 17.3. The Kier molecular flexibility index (Phi) is 11.3. The number of nitrogens with two attached hydrogens (primary N) is 2. The molecule has 0 heterocycles. The average molecular weight is 680 g/mol. The third-order valence-corrected chi connectivity index (χ3v) is 11.3. The highest BCUT2D eigenvalue weighted by Gasteiger charge is 2.52. The fraction of sp³-hybridized carbons (Fsp3) is 0.875. The standard InChI is InChI=1S/C31H53N9O2.CH4O3S/c1-40(6-2-4-34-26(32)36-28(41)38-30-14-20-8-21(15-30)10-22(9-20)16-30)7-3-5-35-27(33)37-29(42)39-31-17-23-11-24(18-31)13-25(12-23)19-31;1-5(2,3)4/h20-25H,2-19H2,1H3,(H4,32,34,36,38,41)(H4,33,35,37,39,42);1H3,(H,2,3,4). The summed E-state index contributed by atoms with van der Waals surface area (Å²) in [4.78, 5) is 36.2. The van der Waals surface area contributed by atoms with Crippen LogP contribution in [0.3, 0.4) is 0 Å². The van der Waals surface area contributed by atoms with Gasteiger partial charge in [0.1, 0.15) is 0 Å². The molecule has 0 unspecified atom stereocenters. The van der Waals surface area contributed by atoms with E-state index in [0.29, 0.717) is 19.3 Å². The van der Waals surface area contributed by atoms with Crippen LogP contribution in [-0.4, -0.2) is 92.4 Å². The van der Waals surface area contributed by atoms with E-state index in [2.05, 4.69) is 43.2 Å². The van der Waals surface area contributed by atoms with Crippen molar-refractivity contribution in [2.24, 2.45) is 57.0 Å². The van der Waals surface area contributed by atoms with Crippen molar-refractivity contribution in [3.05, 3.63) is 0 Å². The van der Waals surface area contributed by atoms with Crippen LogP contribution in [0.5, 0.6) is 0 Å². The van der Waals surface area contributed by atoms with Crippen molar-refractivity contribution < 1.29 is 22.6 Å². The molecule has 9 N–H and O–H groups in total. The zero-order valence-electron chi connectivity index (χ0n) is 28.2. The van der Waals surface area contributed by atoms with Crippen LogP contribution in [0, 0.1) is 35.5 Å². The number of hydrogen-bond acceptors (Lipinski definition) is 7. The first-order chi connectivity index (χ1) is 22.1. The SMILES string of the molecule is CN(CCCN=C(N)NC(=O)NC12CC3CC(CC(C3)C1)C2)CCCN=C(N)NC(=O)NC12CC3CC(CC(C3)C1)C2.CS(=O)(=O)O. The molecule has 8 aliphatic carbocycles. The van der Waals surface area contributed by atoms with Gasteiger partial charge in [-0.05, 0) is 146 Å². The van der Waals surface area contributed by atoms with Gasteiger partial charge in [0.15, 0.2) is 11.9 Å². The maximum Gasteiger partial charge on any atom is 0.321 e. The van der Waals surface area contributed by atoms with Gasteiger partial charge >= 0.3 is 12.1 Å². The number of carbonyl (C=O) groups is 2. The van der Waals surface area contributed by atoms with Crippen LogP contribution in [0.15, 0.2) is 9.98 Å². The normalized spacial score (nSPS) is 35.3. The van der Waals surface area contributed by atoms with E-state index in [-0.39, 0.29) is 35.1 Å². The van der Waals surface area contributed by atoms with Gasteiger partial charge < -0.3 is 27.0 Å². The Labute approximate surface area is 279 Å². The lowest BCUT2D eigenvalue weighted by Crippen LogP contribution is -2.62. The van der Waals surface area contributed by atoms with Gasteiger partial charge in [0.25, 0.3) is 10.1 Å². The van der Waals surface area contributed by atoms with Gasteiger partial charge in [0.2, 0.25) is 0 Å². The van der Waals surface area contributed by atoms with Gasteiger partial charge in [-0.15, -0.1) is 0 Å². The van der Waals surface area contributed by atoms with Crippen LogP contribution in [0.2, 0.25) is 0 Å². The Bertz CT molecular complexity index is 1140. The number of nitrogens with zero attached hydrogens (tertiary/aromatic N) is 3. The van der Waals surface area contributed by atoms with Crippen molar-refractivity contribution in [3.63, 3.8) is 0 Å². The molecule has 0 radical (unpaired) electrons. The number of amides is 4. The Hall–Kier alpha value is -2.65. The van der Waals surface area contributed by atoms with E-state index in [9.17, 15) is 18.0 Å². The first-order valence-electron chi connectivity index (χ1n) is 17.5. The van der Waals surface area contributed by atoms with E-state index in [1.54, 1.807) is 0 Å². The predicted octanol–water partition coefficient (Wildman–Crippen LogP) is 2.37. The molecule has 0 atom stereocenters. The Morgan fingerprint density at radius 2 is 0.979 bits per heavy atom. The van der Waals surface area contributed by atoms with Gasteiger partial charge in [0, 0.05) is 24.2 Å². The summed E-state index contributed by atoms with van der Waals surface area (Å²) in [5.41, 5.74) is 11.9. The number of aliphatic imine (C=N–C) groups is 2. The quantitative estimate of drug-likeness (QED) is 0.0785. The second-order valence-electron chi connectivity index (χ2n) is 15.8. The summed E-state index contributed by atoms with van der Waals surface area (Å²) >= 11 is 0. The zero-order chi connectivity index (χ0) is 33.8. The van der Waals surface area contributed by atoms with Crippen molar-refractivity contribution in [1.82, 2.24) is 26.2 Å². The monoisotopic (exact) mass is 679 g/mol. The third-order valence-electron chi connectivity index (χ3n) is 11.3. The van der Waals surface area contributed by atoms with E-state index < -0.39 is 10.1 Å². The Morgan fingerprint density at radius 3 is 1.26 bits per heavy atom. The lowest BCUT2D eigenvalue weighted by Gasteiger charge is -2.56. The fourth-order valence-electron chi connectivity index (χ4n) is 10.6. The molecule has 15 heteroatoms. The number of carbonyl (C=O) groups excluding carboxylic acids is 2. The molecule has 14 nitrogen and oxygen atoms in total. The molecule has 0 aromatic carbocycles.